The second-order valence-electron chi connectivity index (χ2n) is 5.50. The highest BCUT2D eigenvalue weighted by Gasteiger charge is 2.31. The molecule has 2 unspecified atom stereocenters. The Hall–Kier alpha value is -1.36. The van der Waals surface area contributed by atoms with Crippen LogP contribution in [0.2, 0.25) is 0 Å². The van der Waals surface area contributed by atoms with Gasteiger partial charge in [0.1, 0.15) is 0 Å². The molecular formula is C15H22N2O2S. The Morgan fingerprint density at radius 2 is 2.25 bits per heavy atom. The van der Waals surface area contributed by atoms with Crippen LogP contribution in [0.4, 0.5) is 0 Å². The highest BCUT2D eigenvalue weighted by Crippen LogP contribution is 2.23. The van der Waals surface area contributed by atoms with Gasteiger partial charge in [0.05, 0.1) is 5.92 Å². The molecule has 20 heavy (non-hydrogen) atoms. The number of carbonyl (C=O) groups is 2. The van der Waals surface area contributed by atoms with Crippen LogP contribution in [-0.2, 0) is 16.0 Å². The summed E-state index contributed by atoms with van der Waals surface area (Å²) in [6.45, 7) is 2.54. The minimum atomic E-state index is -0.284. The zero-order valence-electron chi connectivity index (χ0n) is 11.9. The van der Waals surface area contributed by atoms with Crippen LogP contribution in [0.5, 0.6) is 0 Å². The highest BCUT2D eigenvalue weighted by molar-refractivity contribution is 7.09. The molecule has 0 aliphatic carbocycles. The van der Waals surface area contributed by atoms with Gasteiger partial charge in [-0.05, 0) is 44.1 Å². The van der Waals surface area contributed by atoms with E-state index in [1.807, 2.05) is 17.9 Å². The lowest BCUT2D eigenvalue weighted by atomic mass is 9.92. The molecule has 1 saturated heterocycles. The van der Waals surface area contributed by atoms with Crippen LogP contribution in [0, 0.1) is 5.92 Å². The van der Waals surface area contributed by atoms with Crippen molar-refractivity contribution in [3.63, 3.8) is 0 Å². The van der Waals surface area contributed by atoms with Gasteiger partial charge in [-0.2, -0.15) is 0 Å². The third-order valence-corrected chi connectivity index (χ3v) is 4.93. The molecule has 0 saturated carbocycles. The summed E-state index contributed by atoms with van der Waals surface area (Å²) in [4.78, 5) is 26.7. The first kappa shape index (κ1) is 15.0. The fourth-order valence-electron chi connectivity index (χ4n) is 2.70. The summed E-state index contributed by atoms with van der Waals surface area (Å²) in [5.41, 5.74) is 5.36. The van der Waals surface area contributed by atoms with Gasteiger partial charge in [0.2, 0.25) is 11.8 Å². The van der Waals surface area contributed by atoms with Crippen molar-refractivity contribution >= 4 is 23.2 Å². The van der Waals surface area contributed by atoms with Gasteiger partial charge >= 0.3 is 0 Å². The van der Waals surface area contributed by atoms with E-state index in [0.717, 1.165) is 25.7 Å². The number of rotatable bonds is 5. The molecule has 0 spiro atoms. The summed E-state index contributed by atoms with van der Waals surface area (Å²) in [5, 5.41) is 2.06. The Bertz CT molecular complexity index is 458. The zero-order valence-corrected chi connectivity index (χ0v) is 12.7. The van der Waals surface area contributed by atoms with Gasteiger partial charge in [0, 0.05) is 23.9 Å². The van der Waals surface area contributed by atoms with E-state index in [1.54, 1.807) is 11.3 Å². The molecule has 110 valence electrons. The fraction of sp³-hybridized carbons (Fsp3) is 0.600. The predicted molar refractivity (Wildman–Crippen MR) is 80.4 cm³/mol. The van der Waals surface area contributed by atoms with Gasteiger partial charge in [-0.25, -0.2) is 0 Å². The minimum absolute atomic E-state index is 0.153. The number of hydrogen-bond donors (Lipinski definition) is 1. The summed E-state index contributed by atoms with van der Waals surface area (Å²) < 4.78 is 0. The first-order valence-corrected chi connectivity index (χ1v) is 8.07. The van der Waals surface area contributed by atoms with Crippen LogP contribution in [-0.4, -0.2) is 29.3 Å². The number of aryl methyl sites for hydroxylation is 1. The van der Waals surface area contributed by atoms with Crippen LogP contribution >= 0.6 is 11.3 Å². The van der Waals surface area contributed by atoms with E-state index in [-0.39, 0.29) is 23.8 Å². The van der Waals surface area contributed by atoms with Crippen molar-refractivity contribution in [3.05, 3.63) is 22.4 Å². The van der Waals surface area contributed by atoms with Gasteiger partial charge in [0.15, 0.2) is 0 Å². The maximum absolute atomic E-state index is 12.3. The largest absolute Gasteiger partial charge is 0.369 e. The lowest BCUT2D eigenvalue weighted by molar-refractivity contribution is -0.137. The zero-order chi connectivity index (χ0) is 14.5. The van der Waals surface area contributed by atoms with Crippen LogP contribution in [0.3, 0.4) is 0 Å². The third kappa shape index (κ3) is 3.82. The molecule has 1 aromatic heterocycles. The Kier molecular flexibility index (Phi) is 5.17. The number of piperidine rings is 1. The molecule has 2 heterocycles. The standard InChI is InChI=1S/C15H22N2O2S/c1-11-7-8-12(15(16)19)10-17(11)14(18)6-2-4-13-5-3-9-20-13/h3,5,9,11-12H,2,4,6-8,10H2,1H3,(H2,16,19). The van der Waals surface area contributed by atoms with E-state index in [0.29, 0.717) is 13.0 Å². The number of thiophene rings is 1. The quantitative estimate of drug-likeness (QED) is 0.904. The molecule has 1 aliphatic heterocycles. The van der Waals surface area contributed by atoms with Crippen LogP contribution < -0.4 is 5.73 Å². The number of likely N-dealkylation sites (tertiary alicyclic amines) is 1. The monoisotopic (exact) mass is 294 g/mol. The molecule has 2 N–H and O–H groups in total. The van der Waals surface area contributed by atoms with E-state index in [4.69, 9.17) is 5.73 Å². The van der Waals surface area contributed by atoms with Gasteiger partial charge in [-0.1, -0.05) is 6.07 Å². The molecule has 1 aromatic rings. The van der Waals surface area contributed by atoms with Crippen molar-refractivity contribution < 1.29 is 9.59 Å². The van der Waals surface area contributed by atoms with Crippen LogP contribution in [0.1, 0.15) is 37.5 Å². The Morgan fingerprint density at radius 1 is 1.45 bits per heavy atom. The number of nitrogens with two attached hydrogens (primary N) is 1. The van der Waals surface area contributed by atoms with E-state index in [2.05, 4.69) is 11.4 Å². The van der Waals surface area contributed by atoms with Crippen LogP contribution in [0.25, 0.3) is 0 Å². The number of hydrogen-bond acceptors (Lipinski definition) is 3. The number of primary amides is 1. The van der Waals surface area contributed by atoms with E-state index < -0.39 is 0 Å². The van der Waals surface area contributed by atoms with Gasteiger partial charge in [-0.15, -0.1) is 11.3 Å². The average molecular weight is 294 g/mol. The minimum Gasteiger partial charge on any atom is -0.369 e. The van der Waals surface area contributed by atoms with Gasteiger partial charge in [0.25, 0.3) is 0 Å². The summed E-state index contributed by atoms with van der Waals surface area (Å²) in [7, 11) is 0. The second kappa shape index (κ2) is 6.88. The van der Waals surface area contributed by atoms with Crippen molar-refractivity contribution in [2.75, 3.05) is 6.54 Å². The molecule has 2 amide bonds. The van der Waals surface area contributed by atoms with Crippen molar-refractivity contribution in [1.29, 1.82) is 0 Å². The first-order chi connectivity index (χ1) is 9.58. The molecular weight excluding hydrogens is 272 g/mol. The maximum Gasteiger partial charge on any atom is 0.222 e. The molecule has 0 bridgehead atoms. The van der Waals surface area contributed by atoms with Crippen molar-refractivity contribution in [1.82, 2.24) is 4.90 Å². The normalized spacial score (nSPS) is 22.8. The van der Waals surface area contributed by atoms with E-state index in [1.165, 1.54) is 4.88 Å². The molecule has 2 rings (SSSR count). The molecule has 4 nitrogen and oxygen atoms in total. The Balaban J connectivity index is 1.82. The Morgan fingerprint density at radius 3 is 2.90 bits per heavy atom. The summed E-state index contributed by atoms with van der Waals surface area (Å²) in [6.07, 6.45) is 4.03. The number of amides is 2. The topological polar surface area (TPSA) is 63.4 Å². The van der Waals surface area contributed by atoms with Crippen LogP contribution in [0.15, 0.2) is 17.5 Å². The lowest BCUT2D eigenvalue weighted by Gasteiger charge is -2.37. The summed E-state index contributed by atoms with van der Waals surface area (Å²) in [6, 6.07) is 4.35. The SMILES string of the molecule is CC1CCC(C(N)=O)CN1C(=O)CCCc1cccs1. The smallest absolute Gasteiger partial charge is 0.222 e. The van der Waals surface area contributed by atoms with Gasteiger partial charge < -0.3 is 10.6 Å². The highest BCUT2D eigenvalue weighted by atomic mass is 32.1. The first-order valence-electron chi connectivity index (χ1n) is 7.19. The van der Waals surface area contributed by atoms with E-state index >= 15 is 0 Å². The van der Waals surface area contributed by atoms with Crippen molar-refractivity contribution in [2.45, 2.75) is 45.1 Å². The predicted octanol–water partition coefficient (Wildman–Crippen LogP) is 2.18. The third-order valence-electron chi connectivity index (χ3n) is 4.00. The molecule has 0 aromatic carbocycles. The lowest BCUT2D eigenvalue weighted by Crippen LogP contribution is -2.48. The van der Waals surface area contributed by atoms with Gasteiger partial charge in [-0.3, -0.25) is 9.59 Å². The van der Waals surface area contributed by atoms with E-state index in [9.17, 15) is 9.59 Å². The van der Waals surface area contributed by atoms with Crippen molar-refractivity contribution in [3.8, 4) is 0 Å². The molecule has 1 aliphatic rings. The molecule has 5 heteroatoms. The Labute approximate surface area is 124 Å². The average Bonchev–Trinajstić information content (AvgIpc) is 2.92. The molecule has 0 radical (unpaired) electrons. The second-order valence-corrected chi connectivity index (χ2v) is 6.54. The fourth-order valence-corrected chi connectivity index (χ4v) is 3.45. The summed E-state index contributed by atoms with van der Waals surface area (Å²) >= 11 is 1.73. The number of nitrogens with zero attached hydrogens (tertiary/aromatic N) is 1. The maximum atomic E-state index is 12.3. The van der Waals surface area contributed by atoms with Crippen molar-refractivity contribution in [2.24, 2.45) is 11.7 Å². The number of carbonyl (C=O) groups excluding carboxylic acids is 2. The molecule has 1 fully saturated rings. The summed E-state index contributed by atoms with van der Waals surface area (Å²) in [5.74, 6) is -0.305. The molecule has 2 atom stereocenters.